The van der Waals surface area contributed by atoms with Gasteiger partial charge < -0.3 is 5.73 Å². The SMILES string of the molecule is CC1CCCN(C2(CN)CCCC2S(C)(=O)=O)C1. The lowest BCUT2D eigenvalue weighted by molar-refractivity contribution is 0.0577. The first-order valence-electron chi connectivity index (χ1n) is 7.04. The number of piperidine rings is 1. The summed E-state index contributed by atoms with van der Waals surface area (Å²) in [4.78, 5) is 2.39. The van der Waals surface area contributed by atoms with E-state index in [1.54, 1.807) is 0 Å². The summed E-state index contributed by atoms with van der Waals surface area (Å²) >= 11 is 0. The smallest absolute Gasteiger partial charge is 0.152 e. The standard InChI is InChI=1S/C13H26N2O2S/c1-11-5-4-8-15(9-11)13(10-14)7-3-6-12(13)18(2,16)17/h11-12H,3-10,14H2,1-2H3. The summed E-state index contributed by atoms with van der Waals surface area (Å²) in [5, 5.41) is -0.264. The minimum absolute atomic E-state index is 0.264. The Bertz CT molecular complexity index is 396. The van der Waals surface area contributed by atoms with Gasteiger partial charge in [-0.05, 0) is 38.1 Å². The van der Waals surface area contributed by atoms with Crippen LogP contribution >= 0.6 is 0 Å². The topological polar surface area (TPSA) is 63.4 Å². The first kappa shape index (κ1) is 14.3. The van der Waals surface area contributed by atoms with Crippen molar-refractivity contribution in [2.75, 3.05) is 25.9 Å². The minimum Gasteiger partial charge on any atom is -0.329 e. The van der Waals surface area contributed by atoms with Crippen LogP contribution in [0.15, 0.2) is 0 Å². The lowest BCUT2D eigenvalue weighted by Gasteiger charge is -2.47. The number of likely N-dealkylation sites (tertiary alicyclic amines) is 1. The van der Waals surface area contributed by atoms with Gasteiger partial charge in [0.1, 0.15) is 0 Å². The molecule has 3 atom stereocenters. The summed E-state index contributed by atoms with van der Waals surface area (Å²) in [5.74, 6) is 0.656. The average Bonchev–Trinajstić information content (AvgIpc) is 2.73. The van der Waals surface area contributed by atoms with Crippen molar-refractivity contribution in [1.29, 1.82) is 0 Å². The highest BCUT2D eigenvalue weighted by atomic mass is 32.2. The van der Waals surface area contributed by atoms with Gasteiger partial charge in [0.25, 0.3) is 0 Å². The highest BCUT2D eigenvalue weighted by Gasteiger charge is 2.51. The molecule has 0 amide bonds. The van der Waals surface area contributed by atoms with Crippen LogP contribution in [0.3, 0.4) is 0 Å². The third-order valence-corrected chi connectivity index (χ3v) is 6.54. The lowest BCUT2D eigenvalue weighted by Crippen LogP contribution is -2.62. The summed E-state index contributed by atoms with van der Waals surface area (Å²) in [6.07, 6.45) is 6.50. The van der Waals surface area contributed by atoms with Crippen LogP contribution in [-0.2, 0) is 9.84 Å². The van der Waals surface area contributed by atoms with E-state index in [4.69, 9.17) is 5.73 Å². The van der Waals surface area contributed by atoms with Crippen molar-refractivity contribution in [2.45, 2.75) is 49.8 Å². The minimum atomic E-state index is -3.01. The zero-order valence-electron chi connectivity index (χ0n) is 11.6. The molecule has 1 aliphatic heterocycles. The Kier molecular flexibility index (Phi) is 4.04. The molecule has 5 heteroatoms. The highest BCUT2D eigenvalue weighted by molar-refractivity contribution is 7.91. The molecule has 0 bridgehead atoms. The normalized spacial score (nSPS) is 39.1. The molecule has 2 N–H and O–H groups in total. The van der Waals surface area contributed by atoms with Crippen LogP contribution in [0.25, 0.3) is 0 Å². The fourth-order valence-electron chi connectivity index (χ4n) is 3.95. The summed E-state index contributed by atoms with van der Waals surface area (Å²) in [6.45, 7) is 4.73. The molecule has 1 aliphatic carbocycles. The van der Waals surface area contributed by atoms with Crippen molar-refractivity contribution in [3.05, 3.63) is 0 Å². The molecule has 0 aromatic rings. The molecule has 1 heterocycles. The van der Waals surface area contributed by atoms with E-state index < -0.39 is 9.84 Å². The van der Waals surface area contributed by atoms with Crippen LogP contribution < -0.4 is 5.73 Å². The Labute approximate surface area is 111 Å². The maximum absolute atomic E-state index is 12.0. The van der Waals surface area contributed by atoms with Gasteiger partial charge in [-0.25, -0.2) is 8.42 Å². The Morgan fingerprint density at radius 2 is 2.06 bits per heavy atom. The first-order valence-corrected chi connectivity index (χ1v) is 8.99. The molecule has 1 saturated heterocycles. The van der Waals surface area contributed by atoms with Gasteiger partial charge >= 0.3 is 0 Å². The zero-order chi connectivity index (χ0) is 13.4. The van der Waals surface area contributed by atoms with Crippen molar-refractivity contribution < 1.29 is 8.42 Å². The van der Waals surface area contributed by atoms with Crippen molar-refractivity contribution in [1.82, 2.24) is 4.90 Å². The zero-order valence-corrected chi connectivity index (χ0v) is 12.4. The lowest BCUT2D eigenvalue weighted by atomic mass is 9.89. The van der Waals surface area contributed by atoms with Crippen LogP contribution in [-0.4, -0.2) is 50.0 Å². The molecule has 18 heavy (non-hydrogen) atoms. The molecule has 1 saturated carbocycles. The fraction of sp³-hybridized carbons (Fsp3) is 1.00. The van der Waals surface area contributed by atoms with Gasteiger partial charge in [0, 0.05) is 24.9 Å². The molecule has 0 aromatic heterocycles. The largest absolute Gasteiger partial charge is 0.329 e. The predicted octanol–water partition coefficient (Wildman–Crippen LogP) is 1.01. The Hall–Kier alpha value is -0.130. The number of sulfone groups is 1. The number of rotatable bonds is 3. The van der Waals surface area contributed by atoms with E-state index in [9.17, 15) is 8.42 Å². The van der Waals surface area contributed by atoms with E-state index in [2.05, 4.69) is 11.8 Å². The number of hydrogen-bond acceptors (Lipinski definition) is 4. The Balaban J connectivity index is 2.29. The fourth-order valence-corrected chi connectivity index (χ4v) is 5.71. The molecule has 4 nitrogen and oxygen atoms in total. The van der Waals surface area contributed by atoms with Crippen molar-refractivity contribution in [3.63, 3.8) is 0 Å². The third-order valence-electron chi connectivity index (χ3n) is 4.83. The van der Waals surface area contributed by atoms with Gasteiger partial charge in [0.05, 0.1) is 5.25 Å². The van der Waals surface area contributed by atoms with Crippen LogP contribution in [0.5, 0.6) is 0 Å². The van der Waals surface area contributed by atoms with Gasteiger partial charge in [-0.15, -0.1) is 0 Å². The van der Waals surface area contributed by atoms with E-state index in [0.29, 0.717) is 12.5 Å². The summed E-state index contributed by atoms with van der Waals surface area (Å²) in [6, 6.07) is 0. The van der Waals surface area contributed by atoms with Crippen molar-refractivity contribution in [2.24, 2.45) is 11.7 Å². The van der Waals surface area contributed by atoms with Gasteiger partial charge in [-0.3, -0.25) is 4.90 Å². The van der Waals surface area contributed by atoms with Crippen molar-refractivity contribution in [3.8, 4) is 0 Å². The summed E-state index contributed by atoms with van der Waals surface area (Å²) in [5.41, 5.74) is 5.74. The molecule has 3 unspecified atom stereocenters. The summed E-state index contributed by atoms with van der Waals surface area (Å²) in [7, 11) is -3.01. The van der Waals surface area contributed by atoms with Gasteiger partial charge in [0.2, 0.25) is 0 Å². The molecular formula is C13H26N2O2S. The predicted molar refractivity (Wildman–Crippen MR) is 74.2 cm³/mol. The number of hydrogen-bond donors (Lipinski definition) is 1. The van der Waals surface area contributed by atoms with Gasteiger partial charge in [-0.2, -0.15) is 0 Å². The monoisotopic (exact) mass is 274 g/mol. The number of nitrogens with zero attached hydrogens (tertiary/aromatic N) is 1. The Morgan fingerprint density at radius 1 is 1.33 bits per heavy atom. The van der Waals surface area contributed by atoms with Crippen LogP contribution in [0.2, 0.25) is 0 Å². The van der Waals surface area contributed by atoms with Crippen molar-refractivity contribution >= 4 is 9.84 Å². The molecule has 2 fully saturated rings. The maximum atomic E-state index is 12.0. The molecule has 106 valence electrons. The van der Waals surface area contributed by atoms with E-state index in [-0.39, 0.29) is 10.8 Å². The second-order valence-corrected chi connectivity index (χ2v) is 8.44. The molecule has 0 aromatic carbocycles. The van der Waals surface area contributed by atoms with E-state index >= 15 is 0 Å². The molecule has 0 spiro atoms. The molecule has 2 rings (SSSR count). The van der Waals surface area contributed by atoms with Crippen LogP contribution in [0, 0.1) is 5.92 Å². The second kappa shape index (κ2) is 5.10. The first-order chi connectivity index (χ1) is 8.40. The van der Waals surface area contributed by atoms with E-state index in [0.717, 1.165) is 32.4 Å². The molecule has 2 aliphatic rings. The second-order valence-electron chi connectivity index (χ2n) is 6.21. The van der Waals surface area contributed by atoms with Gasteiger partial charge in [-0.1, -0.05) is 13.3 Å². The van der Waals surface area contributed by atoms with Gasteiger partial charge in [0.15, 0.2) is 9.84 Å². The molecular weight excluding hydrogens is 248 g/mol. The molecule has 0 radical (unpaired) electrons. The Morgan fingerprint density at radius 3 is 2.61 bits per heavy atom. The van der Waals surface area contributed by atoms with Crippen LogP contribution in [0.1, 0.15) is 39.0 Å². The maximum Gasteiger partial charge on any atom is 0.152 e. The van der Waals surface area contributed by atoms with Crippen LogP contribution in [0.4, 0.5) is 0 Å². The number of nitrogens with two attached hydrogens (primary N) is 1. The third kappa shape index (κ3) is 2.45. The summed E-state index contributed by atoms with van der Waals surface area (Å²) < 4.78 is 24.1. The average molecular weight is 274 g/mol. The quantitative estimate of drug-likeness (QED) is 0.834. The highest BCUT2D eigenvalue weighted by Crippen LogP contribution is 2.40. The van der Waals surface area contributed by atoms with E-state index in [1.165, 1.54) is 19.1 Å². The van der Waals surface area contributed by atoms with E-state index in [1.807, 2.05) is 0 Å².